The third-order valence-corrected chi connectivity index (χ3v) is 7.04. The van der Waals surface area contributed by atoms with E-state index in [9.17, 15) is 13.6 Å². The Morgan fingerprint density at radius 3 is 2.89 bits per heavy atom. The molecule has 6 heterocycles. The first-order chi connectivity index (χ1) is 17.1. The first-order valence-corrected chi connectivity index (χ1v) is 11.7. The molecule has 1 aliphatic heterocycles. The normalized spacial score (nSPS) is 18.0. The van der Waals surface area contributed by atoms with Gasteiger partial charge in [0.15, 0.2) is 0 Å². The molecule has 1 fully saturated rings. The predicted molar refractivity (Wildman–Crippen MR) is 122 cm³/mol. The summed E-state index contributed by atoms with van der Waals surface area (Å²) in [5, 5.41) is 8.97. The standard InChI is InChI=1S/C25H21F2N7O/c26-24(27)21-3-1-2-16-10-19(31-34(16)21)23-22-18(28-13-29-22)8-9-32(23)25(35)17-11-30-33-12-15(14-4-5-14)6-7-20(17)33/h1-3,6-7,10-14,23-24H,4-5,8-9H2,(H,28,29). The number of nitrogens with zero attached hydrogens (tertiary/aromatic N) is 6. The van der Waals surface area contributed by atoms with Crippen LogP contribution in [0.3, 0.4) is 0 Å². The van der Waals surface area contributed by atoms with Gasteiger partial charge in [-0.1, -0.05) is 12.1 Å². The number of hydrogen-bond acceptors (Lipinski definition) is 4. The molecule has 0 bridgehead atoms. The van der Waals surface area contributed by atoms with E-state index in [1.54, 1.807) is 40.1 Å². The van der Waals surface area contributed by atoms with Crippen molar-refractivity contribution in [1.29, 1.82) is 0 Å². The molecule has 0 radical (unpaired) electrons. The molecule has 5 aromatic rings. The van der Waals surface area contributed by atoms with Gasteiger partial charge in [-0.15, -0.1) is 0 Å². The van der Waals surface area contributed by atoms with Gasteiger partial charge in [0.1, 0.15) is 11.7 Å². The number of aromatic nitrogens is 6. The number of H-pyrrole nitrogens is 1. The number of carbonyl (C=O) groups is 1. The molecule has 0 aromatic carbocycles. The van der Waals surface area contributed by atoms with Crippen LogP contribution in [-0.4, -0.2) is 46.5 Å². The van der Waals surface area contributed by atoms with Crippen molar-refractivity contribution in [3.8, 4) is 0 Å². The molecule has 2 aliphatic rings. The zero-order valence-corrected chi connectivity index (χ0v) is 18.6. The van der Waals surface area contributed by atoms with Crippen molar-refractivity contribution in [1.82, 2.24) is 34.1 Å². The zero-order valence-electron chi connectivity index (χ0n) is 18.6. The van der Waals surface area contributed by atoms with Crippen molar-refractivity contribution in [3.63, 3.8) is 0 Å². The van der Waals surface area contributed by atoms with E-state index in [-0.39, 0.29) is 11.6 Å². The van der Waals surface area contributed by atoms with Gasteiger partial charge >= 0.3 is 0 Å². The van der Waals surface area contributed by atoms with Crippen LogP contribution >= 0.6 is 0 Å². The van der Waals surface area contributed by atoms with E-state index in [0.29, 0.717) is 41.4 Å². The summed E-state index contributed by atoms with van der Waals surface area (Å²) in [6.45, 7) is 0.436. The van der Waals surface area contributed by atoms with Crippen LogP contribution in [0, 0.1) is 0 Å². The van der Waals surface area contributed by atoms with Crippen molar-refractivity contribution >= 4 is 16.9 Å². The number of halogens is 2. The minimum absolute atomic E-state index is 0.191. The molecule has 1 unspecified atom stereocenters. The van der Waals surface area contributed by atoms with Gasteiger partial charge < -0.3 is 9.88 Å². The summed E-state index contributed by atoms with van der Waals surface area (Å²) in [6.07, 6.45) is 5.51. The summed E-state index contributed by atoms with van der Waals surface area (Å²) in [5.41, 5.74) is 4.89. The number of hydrogen-bond donors (Lipinski definition) is 1. The molecule has 10 heteroatoms. The SMILES string of the molecule is O=C(c1cnn2cc(C3CC3)ccc12)N1CCc2[nH]cnc2C1c1cc2cccc(C(F)F)n2n1. The number of pyridine rings is 2. The maximum absolute atomic E-state index is 13.9. The minimum atomic E-state index is -2.67. The average molecular weight is 473 g/mol. The first-order valence-electron chi connectivity index (χ1n) is 11.7. The van der Waals surface area contributed by atoms with Gasteiger partial charge in [0.05, 0.1) is 40.5 Å². The van der Waals surface area contributed by atoms with Gasteiger partial charge in [0.2, 0.25) is 0 Å². The Balaban J connectivity index is 1.33. The molecule has 0 saturated heterocycles. The lowest BCUT2D eigenvalue weighted by atomic mass is 9.98. The van der Waals surface area contributed by atoms with E-state index in [1.165, 1.54) is 29.0 Å². The van der Waals surface area contributed by atoms with E-state index in [2.05, 4.69) is 26.2 Å². The van der Waals surface area contributed by atoms with Crippen molar-refractivity contribution in [2.24, 2.45) is 0 Å². The molecule has 5 aromatic heterocycles. The number of alkyl halides is 2. The number of fused-ring (bicyclic) bond motifs is 3. The predicted octanol–water partition coefficient (Wildman–Crippen LogP) is 4.31. The summed E-state index contributed by atoms with van der Waals surface area (Å²) < 4.78 is 30.2. The second-order valence-electron chi connectivity index (χ2n) is 9.20. The molecule has 1 N–H and O–H groups in total. The summed E-state index contributed by atoms with van der Waals surface area (Å²) in [7, 11) is 0. The van der Waals surface area contributed by atoms with Crippen LogP contribution in [0.2, 0.25) is 0 Å². The Morgan fingerprint density at radius 1 is 1.17 bits per heavy atom. The van der Waals surface area contributed by atoms with E-state index < -0.39 is 12.5 Å². The van der Waals surface area contributed by atoms with Gasteiger partial charge in [0.25, 0.3) is 12.3 Å². The Kier molecular flexibility index (Phi) is 4.33. The number of imidazole rings is 1. The lowest BCUT2D eigenvalue weighted by molar-refractivity contribution is 0.0688. The molecule has 35 heavy (non-hydrogen) atoms. The molecule has 1 atom stereocenters. The van der Waals surface area contributed by atoms with E-state index in [4.69, 9.17) is 0 Å². The summed E-state index contributed by atoms with van der Waals surface area (Å²) in [4.78, 5) is 23.2. The summed E-state index contributed by atoms with van der Waals surface area (Å²) >= 11 is 0. The number of carbonyl (C=O) groups excluding carboxylic acids is 1. The summed E-state index contributed by atoms with van der Waals surface area (Å²) in [6, 6.07) is 9.83. The quantitative estimate of drug-likeness (QED) is 0.422. The maximum Gasteiger partial charge on any atom is 0.280 e. The fraction of sp³-hybridized carbons (Fsp3) is 0.280. The second kappa shape index (κ2) is 7.46. The molecular formula is C25H21F2N7O. The second-order valence-corrected chi connectivity index (χ2v) is 9.20. The fourth-order valence-electron chi connectivity index (χ4n) is 5.13. The van der Waals surface area contributed by atoms with Crippen molar-refractivity contribution in [3.05, 3.63) is 89.0 Å². The Morgan fingerprint density at radius 2 is 2.06 bits per heavy atom. The van der Waals surface area contributed by atoms with Crippen molar-refractivity contribution in [2.75, 3.05) is 6.54 Å². The third kappa shape index (κ3) is 3.16. The highest BCUT2D eigenvalue weighted by Crippen LogP contribution is 2.40. The van der Waals surface area contributed by atoms with Crippen molar-refractivity contribution < 1.29 is 13.6 Å². The molecule has 176 valence electrons. The fourth-order valence-corrected chi connectivity index (χ4v) is 5.13. The van der Waals surface area contributed by atoms with Crippen LogP contribution in [0.25, 0.3) is 11.0 Å². The molecular weight excluding hydrogens is 452 g/mol. The third-order valence-electron chi connectivity index (χ3n) is 7.04. The molecule has 8 nitrogen and oxygen atoms in total. The van der Waals surface area contributed by atoms with Crippen LogP contribution in [0.15, 0.2) is 55.1 Å². The summed E-state index contributed by atoms with van der Waals surface area (Å²) in [5.74, 6) is 0.393. The van der Waals surface area contributed by atoms with Crippen LogP contribution in [0.5, 0.6) is 0 Å². The van der Waals surface area contributed by atoms with Gasteiger partial charge in [-0.05, 0) is 48.6 Å². The van der Waals surface area contributed by atoms with E-state index >= 15 is 0 Å². The topological polar surface area (TPSA) is 83.6 Å². The van der Waals surface area contributed by atoms with Crippen LogP contribution in [-0.2, 0) is 6.42 Å². The van der Waals surface area contributed by atoms with Gasteiger partial charge in [-0.25, -0.2) is 22.8 Å². The van der Waals surface area contributed by atoms with Crippen LogP contribution in [0.1, 0.15) is 69.9 Å². The number of amides is 1. The van der Waals surface area contributed by atoms with E-state index in [1.807, 2.05) is 12.3 Å². The minimum Gasteiger partial charge on any atom is -0.348 e. The number of nitrogens with one attached hydrogen (secondary N) is 1. The van der Waals surface area contributed by atoms with Gasteiger partial charge in [0, 0.05) is 24.9 Å². The highest BCUT2D eigenvalue weighted by Gasteiger charge is 2.37. The number of aromatic amines is 1. The molecule has 7 rings (SSSR count). The molecule has 1 saturated carbocycles. The van der Waals surface area contributed by atoms with E-state index in [0.717, 1.165) is 11.2 Å². The lowest BCUT2D eigenvalue weighted by Crippen LogP contribution is -2.41. The lowest BCUT2D eigenvalue weighted by Gasteiger charge is -2.33. The van der Waals surface area contributed by atoms with Crippen molar-refractivity contribution in [2.45, 2.75) is 37.6 Å². The molecule has 0 spiro atoms. The smallest absolute Gasteiger partial charge is 0.280 e. The highest BCUT2D eigenvalue weighted by molar-refractivity contribution is 6.01. The van der Waals surface area contributed by atoms with Gasteiger partial charge in [-0.2, -0.15) is 10.2 Å². The molecule has 1 amide bonds. The largest absolute Gasteiger partial charge is 0.348 e. The first kappa shape index (κ1) is 20.3. The highest BCUT2D eigenvalue weighted by atomic mass is 19.3. The zero-order chi connectivity index (χ0) is 23.7. The average Bonchev–Trinajstić information content (AvgIpc) is 3.27. The van der Waals surface area contributed by atoms with Crippen LogP contribution in [0.4, 0.5) is 8.78 Å². The number of rotatable bonds is 4. The Hall–Kier alpha value is -4.08. The van der Waals surface area contributed by atoms with Crippen LogP contribution < -0.4 is 0 Å². The Bertz CT molecular complexity index is 1600. The van der Waals surface area contributed by atoms with Gasteiger partial charge in [-0.3, -0.25) is 4.79 Å². The monoisotopic (exact) mass is 473 g/mol. The Labute approximate surface area is 198 Å². The maximum atomic E-state index is 13.9. The molecule has 1 aliphatic carbocycles.